The van der Waals surface area contributed by atoms with Crippen LogP contribution in [0.25, 0.3) is 0 Å². The van der Waals surface area contributed by atoms with Gasteiger partial charge in [-0.2, -0.15) is 0 Å². The van der Waals surface area contributed by atoms with E-state index >= 15 is 0 Å². The minimum atomic E-state index is -3.68. The number of hydrogen-bond acceptors (Lipinski definition) is 7. The first-order valence-corrected chi connectivity index (χ1v) is 19.9. The van der Waals surface area contributed by atoms with Crippen LogP contribution in [0.2, 0.25) is 43.8 Å². The number of methoxy groups -OCH3 is 1. The highest BCUT2D eigenvalue weighted by atomic mass is 32.2. The average Bonchev–Trinajstić information content (AvgIpc) is 3.13. The second-order valence-electron chi connectivity index (χ2n) is 11.3. The minimum Gasteiger partial charge on any atom is -0.539 e. The van der Waals surface area contributed by atoms with Crippen molar-refractivity contribution in [3.8, 4) is 0 Å². The van der Waals surface area contributed by atoms with Gasteiger partial charge in [-0.25, -0.2) is 18.0 Å². The van der Waals surface area contributed by atoms with Gasteiger partial charge in [0.05, 0.1) is 19.5 Å². The van der Waals surface area contributed by atoms with Gasteiger partial charge in [-0.15, -0.1) is 0 Å². The fourth-order valence-corrected chi connectivity index (χ4v) is 8.53. The molecular weight excluding hydrogens is 490 g/mol. The molecule has 0 spiro atoms. The van der Waals surface area contributed by atoms with Gasteiger partial charge in [0.1, 0.15) is 5.70 Å². The number of ether oxygens (including phenoxy) is 2. The summed E-state index contributed by atoms with van der Waals surface area (Å²) in [6.07, 6.45) is 3.60. The number of nitrogens with zero attached hydrogens (tertiary/aromatic N) is 1. The summed E-state index contributed by atoms with van der Waals surface area (Å²) in [4.78, 5) is 24.9. The predicted octanol–water partition coefficient (Wildman–Crippen LogP) is 4.50. The van der Waals surface area contributed by atoms with Gasteiger partial charge < -0.3 is 13.9 Å². The molecule has 0 fully saturated rings. The van der Waals surface area contributed by atoms with E-state index in [1.807, 2.05) is 13.1 Å². The quantitative estimate of drug-likeness (QED) is 0.167. The Morgan fingerprint density at radius 1 is 1.18 bits per heavy atom. The molecule has 0 N–H and O–H groups in total. The maximum Gasteiger partial charge on any atom is 0.371 e. The van der Waals surface area contributed by atoms with Crippen LogP contribution in [0.4, 0.5) is 0 Å². The number of rotatable bonds is 11. The van der Waals surface area contributed by atoms with E-state index in [0.717, 1.165) is 0 Å². The van der Waals surface area contributed by atoms with Crippen LogP contribution in [0.5, 0.6) is 0 Å². The highest BCUT2D eigenvalue weighted by Gasteiger charge is 2.41. The number of esters is 2. The zero-order chi connectivity index (χ0) is 26.5. The largest absolute Gasteiger partial charge is 0.539 e. The molecule has 1 rings (SSSR count). The van der Waals surface area contributed by atoms with Crippen molar-refractivity contribution in [2.24, 2.45) is 5.92 Å². The van der Waals surface area contributed by atoms with E-state index in [4.69, 9.17) is 13.9 Å². The molecule has 1 aliphatic heterocycles. The van der Waals surface area contributed by atoms with Crippen LogP contribution in [-0.2, 0) is 33.5 Å². The lowest BCUT2D eigenvalue weighted by Gasteiger charge is -2.36. The first-order valence-electron chi connectivity index (χ1n) is 11.7. The normalized spacial score (nSPS) is 17.9. The highest BCUT2D eigenvalue weighted by molar-refractivity contribution is 7.89. The zero-order valence-corrected chi connectivity index (χ0v) is 25.3. The fraction of sp³-hybridized carbons (Fsp3) is 0.739. The lowest BCUT2D eigenvalue weighted by molar-refractivity contribution is -0.140. The van der Waals surface area contributed by atoms with Crippen molar-refractivity contribution in [3.05, 3.63) is 23.6 Å². The van der Waals surface area contributed by atoms with Crippen molar-refractivity contribution < 1.29 is 31.9 Å². The molecule has 1 unspecified atom stereocenters. The SMILES string of the molecule is CCOC(=O)C1=CC(C/C=C(\O[Si](C)(C)C(C)(C)C)C(=O)OC)CN1S(=O)(=O)CC[Si](C)(C)C. The van der Waals surface area contributed by atoms with E-state index in [2.05, 4.69) is 40.4 Å². The number of sulfonamides is 1. The molecule has 0 aromatic carbocycles. The summed E-state index contributed by atoms with van der Waals surface area (Å²) >= 11 is 0. The molecule has 0 saturated carbocycles. The summed E-state index contributed by atoms with van der Waals surface area (Å²) in [5.74, 6) is -1.42. The van der Waals surface area contributed by atoms with E-state index in [1.165, 1.54) is 11.4 Å². The Hall–Kier alpha value is -1.60. The third kappa shape index (κ3) is 8.56. The molecule has 0 aromatic rings. The summed E-state index contributed by atoms with van der Waals surface area (Å²) in [6.45, 7) is 18.6. The topological polar surface area (TPSA) is 99.2 Å². The second-order valence-corrected chi connectivity index (χ2v) is 23.7. The van der Waals surface area contributed by atoms with Gasteiger partial charge in [0, 0.05) is 20.5 Å². The van der Waals surface area contributed by atoms with Crippen molar-refractivity contribution in [1.29, 1.82) is 0 Å². The number of carbonyl (C=O) groups excluding carboxylic acids is 2. The predicted molar refractivity (Wildman–Crippen MR) is 140 cm³/mol. The van der Waals surface area contributed by atoms with Gasteiger partial charge in [0.2, 0.25) is 10.0 Å². The molecule has 1 aliphatic rings. The summed E-state index contributed by atoms with van der Waals surface area (Å²) < 4.78 is 43.6. The Morgan fingerprint density at radius 3 is 2.24 bits per heavy atom. The fourth-order valence-electron chi connectivity index (χ4n) is 2.95. The van der Waals surface area contributed by atoms with Crippen LogP contribution in [0, 0.1) is 5.92 Å². The second kappa shape index (κ2) is 11.4. The van der Waals surface area contributed by atoms with Gasteiger partial charge in [0.25, 0.3) is 8.32 Å². The first kappa shape index (κ1) is 30.4. The van der Waals surface area contributed by atoms with Crippen LogP contribution < -0.4 is 0 Å². The molecule has 0 aliphatic carbocycles. The maximum absolute atomic E-state index is 13.1. The van der Waals surface area contributed by atoms with Crippen LogP contribution in [0.3, 0.4) is 0 Å². The third-order valence-corrected chi connectivity index (χ3v) is 14.3. The summed E-state index contributed by atoms with van der Waals surface area (Å²) in [7, 11) is -6.29. The number of hydrogen-bond donors (Lipinski definition) is 0. The molecule has 0 saturated heterocycles. The lowest BCUT2D eigenvalue weighted by atomic mass is 10.1. The molecular formula is C23H43NO7SSi2. The Kier molecular flexibility index (Phi) is 10.2. The monoisotopic (exact) mass is 533 g/mol. The van der Waals surface area contributed by atoms with Crippen LogP contribution in [0.15, 0.2) is 23.6 Å². The molecule has 196 valence electrons. The Morgan fingerprint density at radius 2 is 1.76 bits per heavy atom. The molecule has 34 heavy (non-hydrogen) atoms. The van der Waals surface area contributed by atoms with E-state index in [0.29, 0.717) is 12.5 Å². The molecule has 8 nitrogen and oxygen atoms in total. The van der Waals surface area contributed by atoms with Crippen molar-refractivity contribution in [1.82, 2.24) is 4.31 Å². The van der Waals surface area contributed by atoms with Gasteiger partial charge in [0.15, 0.2) is 5.76 Å². The summed E-state index contributed by atoms with van der Waals surface area (Å²) in [6, 6.07) is 0.597. The number of carbonyl (C=O) groups is 2. The molecule has 0 bridgehead atoms. The molecule has 1 atom stereocenters. The van der Waals surface area contributed by atoms with E-state index < -0.39 is 38.4 Å². The average molecular weight is 534 g/mol. The van der Waals surface area contributed by atoms with Crippen molar-refractivity contribution in [3.63, 3.8) is 0 Å². The van der Waals surface area contributed by atoms with Crippen molar-refractivity contribution in [2.45, 2.75) is 77.9 Å². The molecule has 1 heterocycles. The molecule has 11 heteroatoms. The maximum atomic E-state index is 13.1. The third-order valence-electron chi connectivity index (χ3n) is 6.16. The van der Waals surface area contributed by atoms with E-state index in [9.17, 15) is 18.0 Å². The summed E-state index contributed by atoms with van der Waals surface area (Å²) in [5, 5.41) is -0.119. The Balaban J connectivity index is 3.21. The van der Waals surface area contributed by atoms with Crippen LogP contribution in [0.1, 0.15) is 34.1 Å². The van der Waals surface area contributed by atoms with Crippen LogP contribution >= 0.6 is 0 Å². The number of allylic oxidation sites excluding steroid dienone is 1. The zero-order valence-electron chi connectivity index (χ0n) is 22.5. The van der Waals surface area contributed by atoms with Gasteiger partial charge in [-0.3, -0.25) is 4.31 Å². The van der Waals surface area contributed by atoms with Crippen LogP contribution in [-0.4, -0.2) is 67.1 Å². The lowest BCUT2D eigenvalue weighted by Crippen LogP contribution is -2.41. The van der Waals surface area contributed by atoms with Gasteiger partial charge in [-0.1, -0.05) is 40.4 Å². The minimum absolute atomic E-state index is 0.01000. The molecule has 0 amide bonds. The van der Waals surface area contributed by atoms with E-state index in [1.54, 1.807) is 19.1 Å². The van der Waals surface area contributed by atoms with Crippen molar-refractivity contribution in [2.75, 3.05) is 26.0 Å². The van der Waals surface area contributed by atoms with E-state index in [-0.39, 0.29) is 41.3 Å². The standard InChI is InChI=1S/C23H43NO7SSi2/c1-11-30-21(25)19-16-18(17-24(19)32(27,28)14-15-33(6,7)8)12-13-20(22(26)29-5)31-34(9,10)23(2,3)4/h13,16,18H,11-12,14-15,17H2,1-10H3/b20-13-. The Labute approximate surface area is 207 Å². The molecule has 0 aromatic heterocycles. The highest BCUT2D eigenvalue weighted by Crippen LogP contribution is 2.38. The first-order chi connectivity index (χ1) is 15.3. The van der Waals surface area contributed by atoms with Crippen molar-refractivity contribution >= 4 is 38.4 Å². The summed E-state index contributed by atoms with van der Waals surface area (Å²) in [5.41, 5.74) is 0.0424. The van der Waals surface area contributed by atoms with Gasteiger partial charge >= 0.3 is 11.9 Å². The molecule has 0 radical (unpaired) electrons. The smallest absolute Gasteiger partial charge is 0.371 e. The Bertz CT molecular complexity index is 913. The van der Waals surface area contributed by atoms with Gasteiger partial charge in [-0.05, 0) is 49.7 Å².